The molecule has 0 radical (unpaired) electrons. The van der Waals surface area contributed by atoms with Gasteiger partial charge in [0.25, 0.3) is 0 Å². The van der Waals surface area contributed by atoms with Gasteiger partial charge in [-0.25, -0.2) is 0 Å². The number of piperidine rings is 1. The maximum absolute atomic E-state index is 11.4. The minimum absolute atomic E-state index is 0.255. The van der Waals surface area contributed by atoms with E-state index in [4.69, 9.17) is 5.73 Å². The van der Waals surface area contributed by atoms with Crippen molar-refractivity contribution in [3.8, 4) is 0 Å². The van der Waals surface area contributed by atoms with Crippen LogP contribution in [0.5, 0.6) is 0 Å². The highest BCUT2D eigenvalue weighted by molar-refractivity contribution is 5.80. The molecule has 1 fully saturated rings. The van der Waals surface area contributed by atoms with Gasteiger partial charge in [0.15, 0.2) is 0 Å². The summed E-state index contributed by atoms with van der Waals surface area (Å²) in [5.41, 5.74) is 5.45. The predicted molar refractivity (Wildman–Crippen MR) is 74.4 cm³/mol. The zero-order valence-corrected chi connectivity index (χ0v) is 12.1. The molecule has 0 spiro atoms. The average Bonchev–Trinajstić information content (AvgIpc) is 2.28. The number of amides is 1. The molecule has 3 N–H and O–H groups in total. The van der Waals surface area contributed by atoms with Crippen LogP contribution in [-0.4, -0.2) is 67.6 Å². The molecule has 1 saturated heterocycles. The fraction of sp³-hybridized carbons (Fsp3) is 0.923. The molecule has 1 atom stereocenters. The van der Waals surface area contributed by atoms with E-state index in [0.717, 1.165) is 13.1 Å². The van der Waals surface area contributed by atoms with Crippen LogP contribution in [0.4, 0.5) is 0 Å². The Bertz CT molecular complexity index is 262. The van der Waals surface area contributed by atoms with Crippen LogP contribution in [0.3, 0.4) is 0 Å². The number of carbonyl (C=O) groups excluding carboxylic acids is 1. The van der Waals surface area contributed by atoms with Gasteiger partial charge in [-0.1, -0.05) is 13.8 Å². The van der Waals surface area contributed by atoms with Crippen LogP contribution in [-0.2, 0) is 4.79 Å². The molecule has 0 aromatic rings. The standard InChI is InChI=1S/C13H28N4O/c1-10(2)15-12(13(14)18)9-17(4)11-5-7-16(3)8-6-11/h10-12,15H,5-9H2,1-4H3,(H2,14,18). The van der Waals surface area contributed by atoms with Crippen molar-refractivity contribution in [1.29, 1.82) is 0 Å². The molecule has 5 nitrogen and oxygen atoms in total. The van der Waals surface area contributed by atoms with E-state index in [2.05, 4.69) is 29.2 Å². The number of rotatable bonds is 6. The molecule has 1 heterocycles. The molecular weight excluding hydrogens is 228 g/mol. The molecule has 1 aliphatic rings. The second-order valence-electron chi connectivity index (χ2n) is 5.75. The second-order valence-corrected chi connectivity index (χ2v) is 5.75. The molecule has 0 aromatic heterocycles. The van der Waals surface area contributed by atoms with E-state index in [1.165, 1.54) is 12.8 Å². The van der Waals surface area contributed by atoms with Crippen molar-refractivity contribution in [2.45, 2.75) is 44.8 Å². The Morgan fingerprint density at radius 1 is 1.44 bits per heavy atom. The highest BCUT2D eigenvalue weighted by atomic mass is 16.1. The highest BCUT2D eigenvalue weighted by Gasteiger charge is 2.25. The fourth-order valence-electron chi connectivity index (χ4n) is 2.50. The third kappa shape index (κ3) is 4.92. The van der Waals surface area contributed by atoms with Gasteiger partial charge >= 0.3 is 0 Å². The zero-order chi connectivity index (χ0) is 13.7. The highest BCUT2D eigenvalue weighted by Crippen LogP contribution is 2.14. The van der Waals surface area contributed by atoms with Crippen LogP contribution in [0.15, 0.2) is 0 Å². The molecule has 18 heavy (non-hydrogen) atoms. The Hall–Kier alpha value is -0.650. The van der Waals surface area contributed by atoms with Gasteiger partial charge in [-0.3, -0.25) is 4.79 Å². The Kier molecular flexibility index (Phi) is 6.05. The average molecular weight is 256 g/mol. The summed E-state index contributed by atoms with van der Waals surface area (Å²) in [6, 6.07) is 0.583. The minimum Gasteiger partial charge on any atom is -0.368 e. The fourth-order valence-corrected chi connectivity index (χ4v) is 2.50. The lowest BCUT2D eigenvalue weighted by Crippen LogP contribution is -2.53. The van der Waals surface area contributed by atoms with Gasteiger partial charge in [0.2, 0.25) is 5.91 Å². The maximum atomic E-state index is 11.4. The summed E-state index contributed by atoms with van der Waals surface area (Å²) in [5.74, 6) is -0.261. The Morgan fingerprint density at radius 2 is 2.00 bits per heavy atom. The van der Waals surface area contributed by atoms with Crippen molar-refractivity contribution in [2.75, 3.05) is 33.7 Å². The van der Waals surface area contributed by atoms with E-state index in [0.29, 0.717) is 12.6 Å². The summed E-state index contributed by atoms with van der Waals surface area (Å²) in [7, 11) is 4.25. The first-order valence-corrected chi connectivity index (χ1v) is 6.84. The van der Waals surface area contributed by atoms with Gasteiger partial charge in [0.1, 0.15) is 0 Å². The number of hydrogen-bond donors (Lipinski definition) is 2. The van der Waals surface area contributed by atoms with Crippen molar-refractivity contribution in [1.82, 2.24) is 15.1 Å². The lowest BCUT2D eigenvalue weighted by atomic mass is 10.0. The van der Waals surface area contributed by atoms with Crippen LogP contribution in [0.25, 0.3) is 0 Å². The van der Waals surface area contributed by atoms with Gasteiger partial charge in [0, 0.05) is 18.6 Å². The van der Waals surface area contributed by atoms with Crippen LogP contribution in [0, 0.1) is 0 Å². The van der Waals surface area contributed by atoms with Crippen LogP contribution >= 0.6 is 0 Å². The zero-order valence-electron chi connectivity index (χ0n) is 12.1. The quantitative estimate of drug-likeness (QED) is 0.695. The second kappa shape index (κ2) is 7.07. The smallest absolute Gasteiger partial charge is 0.235 e. The van der Waals surface area contributed by atoms with E-state index in [1.54, 1.807) is 0 Å². The summed E-state index contributed by atoms with van der Waals surface area (Å²) in [4.78, 5) is 16.1. The van der Waals surface area contributed by atoms with E-state index < -0.39 is 0 Å². The van der Waals surface area contributed by atoms with Gasteiger partial charge in [-0.05, 0) is 40.0 Å². The Labute approximate surface area is 111 Å². The molecule has 1 amide bonds. The van der Waals surface area contributed by atoms with Crippen molar-refractivity contribution in [3.63, 3.8) is 0 Å². The first-order valence-electron chi connectivity index (χ1n) is 6.84. The van der Waals surface area contributed by atoms with Crippen molar-refractivity contribution >= 4 is 5.91 Å². The minimum atomic E-state index is -0.261. The summed E-state index contributed by atoms with van der Waals surface area (Å²) < 4.78 is 0. The number of primary amides is 1. The number of likely N-dealkylation sites (tertiary alicyclic amines) is 1. The van der Waals surface area contributed by atoms with Crippen LogP contribution in [0.1, 0.15) is 26.7 Å². The predicted octanol–water partition coefficient (Wildman–Crippen LogP) is -0.136. The number of nitrogens with two attached hydrogens (primary N) is 1. The first-order chi connectivity index (χ1) is 8.40. The van der Waals surface area contributed by atoms with E-state index in [1.807, 2.05) is 13.8 Å². The maximum Gasteiger partial charge on any atom is 0.235 e. The monoisotopic (exact) mass is 256 g/mol. The van der Waals surface area contributed by atoms with E-state index >= 15 is 0 Å². The van der Waals surface area contributed by atoms with Crippen LogP contribution < -0.4 is 11.1 Å². The molecule has 1 unspecified atom stereocenters. The van der Waals surface area contributed by atoms with Crippen molar-refractivity contribution in [3.05, 3.63) is 0 Å². The molecule has 1 aliphatic heterocycles. The summed E-state index contributed by atoms with van der Waals surface area (Å²) >= 11 is 0. The summed E-state index contributed by atoms with van der Waals surface area (Å²) in [6.45, 7) is 7.03. The topological polar surface area (TPSA) is 61.6 Å². The number of carbonyl (C=O) groups is 1. The molecule has 0 bridgehead atoms. The summed E-state index contributed by atoms with van der Waals surface area (Å²) in [5, 5.41) is 3.23. The number of nitrogens with zero attached hydrogens (tertiary/aromatic N) is 2. The SMILES string of the molecule is CC(C)NC(CN(C)C1CCN(C)CC1)C(N)=O. The molecule has 0 aromatic carbocycles. The molecular formula is C13H28N4O. The Morgan fingerprint density at radius 3 is 2.44 bits per heavy atom. The van der Waals surface area contributed by atoms with Gasteiger partial charge in [-0.2, -0.15) is 0 Å². The number of likely N-dealkylation sites (N-methyl/N-ethyl adjacent to an activating group) is 1. The van der Waals surface area contributed by atoms with E-state index in [-0.39, 0.29) is 18.0 Å². The normalized spacial score (nSPS) is 20.6. The largest absolute Gasteiger partial charge is 0.368 e. The first kappa shape index (κ1) is 15.4. The van der Waals surface area contributed by atoms with Gasteiger partial charge in [0.05, 0.1) is 6.04 Å². The number of nitrogens with one attached hydrogen (secondary N) is 1. The molecule has 0 saturated carbocycles. The molecule has 1 rings (SSSR count). The lowest BCUT2D eigenvalue weighted by Gasteiger charge is -2.36. The molecule has 5 heteroatoms. The molecule has 106 valence electrons. The third-order valence-corrected chi connectivity index (χ3v) is 3.66. The molecule has 0 aliphatic carbocycles. The van der Waals surface area contributed by atoms with Gasteiger partial charge < -0.3 is 20.9 Å². The lowest BCUT2D eigenvalue weighted by molar-refractivity contribution is -0.120. The Balaban J connectivity index is 2.45. The van der Waals surface area contributed by atoms with Crippen molar-refractivity contribution in [2.24, 2.45) is 5.73 Å². The van der Waals surface area contributed by atoms with Crippen molar-refractivity contribution < 1.29 is 4.79 Å². The van der Waals surface area contributed by atoms with Gasteiger partial charge in [-0.15, -0.1) is 0 Å². The van der Waals surface area contributed by atoms with Crippen LogP contribution in [0.2, 0.25) is 0 Å². The summed E-state index contributed by atoms with van der Waals surface area (Å²) in [6.07, 6.45) is 2.33. The third-order valence-electron chi connectivity index (χ3n) is 3.66. The number of hydrogen-bond acceptors (Lipinski definition) is 4. The van der Waals surface area contributed by atoms with E-state index in [9.17, 15) is 4.79 Å².